The number of rotatable bonds is 7. The average molecular weight is 475 g/mol. The van der Waals surface area contributed by atoms with Gasteiger partial charge in [-0.2, -0.15) is 0 Å². The maximum absolute atomic E-state index is 12.6. The van der Waals surface area contributed by atoms with Crippen LogP contribution in [0.1, 0.15) is 35.3 Å². The molecule has 2 aromatic carbocycles. The number of carbonyl (C=O) groups excluding carboxylic acids is 3. The number of halogens is 1. The molecule has 0 aliphatic rings. The van der Waals surface area contributed by atoms with Crippen molar-refractivity contribution < 1.29 is 23.9 Å². The molecule has 0 aliphatic carbocycles. The SMILES string of the molecule is CCOC(=O)c1c(NC(C)=O)sc2c(OCC(=O)Nc3ccc(C)cc3Cl)c(C)ccc12. The van der Waals surface area contributed by atoms with Crippen LogP contribution >= 0.6 is 22.9 Å². The zero-order valence-corrected chi connectivity index (χ0v) is 19.7. The number of hydrogen-bond donors (Lipinski definition) is 2. The molecule has 0 saturated carbocycles. The van der Waals surface area contributed by atoms with Gasteiger partial charge in [-0.15, -0.1) is 11.3 Å². The molecule has 9 heteroatoms. The second-order valence-corrected chi connectivity index (χ2v) is 8.54. The fourth-order valence-corrected chi connectivity index (χ4v) is 4.68. The lowest BCUT2D eigenvalue weighted by atomic mass is 10.1. The lowest BCUT2D eigenvalue weighted by molar-refractivity contribution is -0.118. The third-order valence-corrected chi connectivity index (χ3v) is 5.96. The van der Waals surface area contributed by atoms with E-state index in [0.717, 1.165) is 11.1 Å². The van der Waals surface area contributed by atoms with Crippen LogP contribution in [-0.2, 0) is 14.3 Å². The van der Waals surface area contributed by atoms with Crippen molar-refractivity contribution >= 4 is 61.5 Å². The maximum Gasteiger partial charge on any atom is 0.341 e. The van der Waals surface area contributed by atoms with Crippen LogP contribution in [0.2, 0.25) is 5.02 Å². The fourth-order valence-electron chi connectivity index (χ4n) is 3.11. The average Bonchev–Trinajstić information content (AvgIpc) is 3.07. The molecule has 3 aromatic rings. The molecule has 0 bridgehead atoms. The Kier molecular flexibility index (Phi) is 7.37. The van der Waals surface area contributed by atoms with Gasteiger partial charge in [-0.1, -0.05) is 29.8 Å². The van der Waals surface area contributed by atoms with Gasteiger partial charge in [0, 0.05) is 12.3 Å². The van der Waals surface area contributed by atoms with Crippen molar-refractivity contribution in [2.75, 3.05) is 23.8 Å². The van der Waals surface area contributed by atoms with E-state index < -0.39 is 5.97 Å². The zero-order valence-electron chi connectivity index (χ0n) is 18.1. The van der Waals surface area contributed by atoms with Crippen LogP contribution in [0.15, 0.2) is 30.3 Å². The molecular formula is C23H23ClN2O5S. The highest BCUT2D eigenvalue weighted by molar-refractivity contribution is 7.24. The van der Waals surface area contributed by atoms with E-state index in [2.05, 4.69) is 10.6 Å². The number of benzene rings is 2. The van der Waals surface area contributed by atoms with Crippen LogP contribution < -0.4 is 15.4 Å². The summed E-state index contributed by atoms with van der Waals surface area (Å²) in [4.78, 5) is 36.7. The molecule has 1 aromatic heterocycles. The Morgan fingerprint density at radius 2 is 1.84 bits per heavy atom. The first-order valence-electron chi connectivity index (χ1n) is 9.90. The molecule has 2 amide bonds. The lowest BCUT2D eigenvalue weighted by Gasteiger charge is -2.12. The maximum atomic E-state index is 12.6. The molecule has 32 heavy (non-hydrogen) atoms. The van der Waals surface area contributed by atoms with Gasteiger partial charge in [0.2, 0.25) is 5.91 Å². The van der Waals surface area contributed by atoms with Crippen molar-refractivity contribution in [3.8, 4) is 5.75 Å². The minimum atomic E-state index is -0.538. The number of thiophene rings is 1. The highest BCUT2D eigenvalue weighted by atomic mass is 35.5. The van der Waals surface area contributed by atoms with Crippen molar-refractivity contribution in [2.24, 2.45) is 0 Å². The highest BCUT2D eigenvalue weighted by Crippen LogP contribution is 2.43. The van der Waals surface area contributed by atoms with Gasteiger partial charge < -0.3 is 20.1 Å². The van der Waals surface area contributed by atoms with Crippen molar-refractivity contribution in [3.63, 3.8) is 0 Å². The first-order valence-corrected chi connectivity index (χ1v) is 11.1. The number of nitrogens with one attached hydrogen (secondary N) is 2. The third kappa shape index (κ3) is 5.20. The van der Waals surface area contributed by atoms with E-state index in [1.165, 1.54) is 18.3 Å². The standard InChI is InChI=1S/C23H23ClN2O5S/c1-5-30-23(29)19-15-8-7-13(3)20(21(15)32-22(19)25-14(4)27)31-11-18(28)26-17-9-6-12(2)10-16(17)24/h6-10H,5,11H2,1-4H3,(H,25,27)(H,26,28). The number of carbonyl (C=O) groups is 3. The molecule has 0 radical (unpaired) electrons. The smallest absolute Gasteiger partial charge is 0.341 e. The Labute approximate surface area is 194 Å². The number of aryl methyl sites for hydroxylation is 2. The van der Waals surface area contributed by atoms with Gasteiger partial charge in [0.05, 0.1) is 22.0 Å². The summed E-state index contributed by atoms with van der Waals surface area (Å²) < 4.78 is 11.7. The van der Waals surface area contributed by atoms with E-state index in [9.17, 15) is 14.4 Å². The van der Waals surface area contributed by atoms with Crippen molar-refractivity contribution in [3.05, 3.63) is 52.0 Å². The molecule has 3 rings (SSSR count). The Morgan fingerprint density at radius 1 is 1.09 bits per heavy atom. The quantitative estimate of drug-likeness (QED) is 0.452. The van der Waals surface area contributed by atoms with Gasteiger partial charge in [-0.05, 0) is 44.0 Å². The molecule has 168 valence electrons. The van der Waals surface area contributed by atoms with Crippen LogP contribution in [0, 0.1) is 13.8 Å². The first-order chi connectivity index (χ1) is 15.2. The van der Waals surface area contributed by atoms with E-state index in [1.54, 1.807) is 31.2 Å². The molecule has 2 N–H and O–H groups in total. The van der Waals surface area contributed by atoms with E-state index in [1.807, 2.05) is 19.9 Å². The molecule has 0 unspecified atom stereocenters. The summed E-state index contributed by atoms with van der Waals surface area (Å²) >= 11 is 7.38. The number of hydrogen-bond acceptors (Lipinski definition) is 6. The van der Waals surface area contributed by atoms with Crippen molar-refractivity contribution in [2.45, 2.75) is 27.7 Å². The van der Waals surface area contributed by atoms with Crippen molar-refractivity contribution in [1.29, 1.82) is 0 Å². The second-order valence-electron chi connectivity index (χ2n) is 7.12. The summed E-state index contributed by atoms with van der Waals surface area (Å²) in [6.45, 7) is 6.76. The van der Waals surface area contributed by atoms with Crippen LogP contribution in [0.3, 0.4) is 0 Å². The number of amides is 2. The number of fused-ring (bicyclic) bond motifs is 1. The Morgan fingerprint density at radius 3 is 2.50 bits per heavy atom. The molecule has 0 fully saturated rings. The Hall–Kier alpha value is -3.10. The normalized spacial score (nSPS) is 10.7. The highest BCUT2D eigenvalue weighted by Gasteiger charge is 2.24. The molecule has 0 aliphatic heterocycles. The first kappa shape index (κ1) is 23.6. The Bertz CT molecular complexity index is 1200. The van der Waals surface area contributed by atoms with Gasteiger partial charge in [0.15, 0.2) is 6.61 Å². The van der Waals surface area contributed by atoms with Crippen molar-refractivity contribution in [1.82, 2.24) is 0 Å². The molecular weight excluding hydrogens is 452 g/mol. The molecule has 0 atom stereocenters. The summed E-state index contributed by atoms with van der Waals surface area (Å²) in [5, 5.41) is 6.81. The van der Waals surface area contributed by atoms with Crippen LogP contribution in [0.4, 0.5) is 10.7 Å². The summed E-state index contributed by atoms with van der Waals surface area (Å²) in [5.41, 5.74) is 2.53. The number of esters is 1. The molecule has 7 nitrogen and oxygen atoms in total. The van der Waals surface area contributed by atoms with E-state index in [-0.39, 0.29) is 30.6 Å². The summed E-state index contributed by atoms with van der Waals surface area (Å²) in [7, 11) is 0. The van der Waals surface area contributed by atoms with Gasteiger partial charge in [0.1, 0.15) is 16.3 Å². The predicted octanol–water partition coefficient (Wildman–Crippen LogP) is 5.32. The molecule has 0 saturated heterocycles. The summed E-state index contributed by atoms with van der Waals surface area (Å²) in [6.07, 6.45) is 0. The summed E-state index contributed by atoms with van der Waals surface area (Å²) in [5.74, 6) is -0.768. The molecule has 1 heterocycles. The third-order valence-electron chi connectivity index (χ3n) is 4.52. The molecule has 0 spiro atoms. The topological polar surface area (TPSA) is 93.7 Å². The van der Waals surface area contributed by atoms with Gasteiger partial charge in [0.25, 0.3) is 5.91 Å². The lowest BCUT2D eigenvalue weighted by Crippen LogP contribution is -2.20. The van der Waals surface area contributed by atoms with Crippen LogP contribution in [0.25, 0.3) is 10.1 Å². The zero-order chi connectivity index (χ0) is 23.4. The van der Waals surface area contributed by atoms with E-state index in [4.69, 9.17) is 21.1 Å². The van der Waals surface area contributed by atoms with Gasteiger partial charge in [-0.25, -0.2) is 4.79 Å². The number of anilines is 2. The largest absolute Gasteiger partial charge is 0.482 e. The predicted molar refractivity (Wildman–Crippen MR) is 127 cm³/mol. The van der Waals surface area contributed by atoms with Gasteiger partial charge in [-0.3, -0.25) is 9.59 Å². The second kappa shape index (κ2) is 10.0. The summed E-state index contributed by atoms with van der Waals surface area (Å²) in [6, 6.07) is 8.90. The minimum absolute atomic E-state index is 0.201. The fraction of sp³-hybridized carbons (Fsp3) is 0.261. The Balaban J connectivity index is 1.90. The monoisotopic (exact) mass is 474 g/mol. The number of ether oxygens (including phenoxy) is 2. The van der Waals surface area contributed by atoms with Gasteiger partial charge >= 0.3 is 5.97 Å². The van der Waals surface area contributed by atoms with Crippen LogP contribution in [0.5, 0.6) is 5.75 Å². The van der Waals surface area contributed by atoms with E-state index in [0.29, 0.717) is 31.5 Å². The minimum Gasteiger partial charge on any atom is -0.482 e. The van der Waals surface area contributed by atoms with E-state index >= 15 is 0 Å². The van der Waals surface area contributed by atoms with Crippen LogP contribution in [-0.4, -0.2) is 31.0 Å².